The first kappa shape index (κ1) is 23.4. The van der Waals surface area contributed by atoms with Crippen LogP contribution in [0.4, 0.5) is 0 Å². The Labute approximate surface area is 203 Å². The number of benzene rings is 3. The smallest absolute Gasteiger partial charge is 0.233 e. The molecule has 3 aromatic carbocycles. The second-order valence-corrected chi connectivity index (χ2v) is 8.74. The summed E-state index contributed by atoms with van der Waals surface area (Å²) in [7, 11) is 3.24. The maximum absolute atomic E-state index is 12.1. The van der Waals surface area contributed by atoms with E-state index < -0.39 is 0 Å². The van der Waals surface area contributed by atoms with Crippen LogP contribution in [0.25, 0.3) is 16.8 Å². The number of hydrogen-bond donors (Lipinski definition) is 1. The van der Waals surface area contributed by atoms with E-state index in [4.69, 9.17) is 9.47 Å². The summed E-state index contributed by atoms with van der Waals surface area (Å²) in [6.45, 7) is 2.01. The zero-order chi connectivity index (χ0) is 23.9. The lowest BCUT2D eigenvalue weighted by atomic mass is 10.1. The van der Waals surface area contributed by atoms with Crippen molar-refractivity contribution in [3.8, 4) is 28.3 Å². The molecule has 8 heteroatoms. The molecule has 0 aliphatic carbocycles. The van der Waals surface area contributed by atoms with Crippen molar-refractivity contribution in [2.24, 2.45) is 0 Å². The van der Waals surface area contributed by atoms with E-state index in [0.29, 0.717) is 16.7 Å². The van der Waals surface area contributed by atoms with Gasteiger partial charge in [-0.25, -0.2) is 0 Å². The quantitative estimate of drug-likeness (QED) is 0.353. The molecule has 0 aliphatic rings. The Balaban J connectivity index is 1.69. The average molecular weight is 475 g/mol. The van der Waals surface area contributed by atoms with Gasteiger partial charge in [-0.2, -0.15) is 0 Å². The summed E-state index contributed by atoms with van der Waals surface area (Å²) in [5.41, 5.74) is 2.84. The molecular formula is C26H26N4O3S. The fourth-order valence-electron chi connectivity index (χ4n) is 3.53. The zero-order valence-corrected chi connectivity index (χ0v) is 20.1. The number of carbonyl (C=O) groups is 1. The predicted octanol–water partition coefficient (Wildman–Crippen LogP) is 4.75. The van der Waals surface area contributed by atoms with E-state index in [0.717, 1.165) is 22.6 Å². The molecule has 0 radical (unpaired) electrons. The lowest BCUT2D eigenvalue weighted by Crippen LogP contribution is -2.27. The van der Waals surface area contributed by atoms with Gasteiger partial charge in [-0.1, -0.05) is 72.4 Å². The predicted molar refractivity (Wildman–Crippen MR) is 134 cm³/mol. The summed E-state index contributed by atoms with van der Waals surface area (Å²) < 4.78 is 13.7. The van der Waals surface area contributed by atoms with Gasteiger partial charge in [-0.15, -0.1) is 10.2 Å². The second kappa shape index (κ2) is 10.9. The minimum atomic E-state index is -0.352. The lowest BCUT2D eigenvalue weighted by molar-refractivity contribution is -0.119. The highest BCUT2D eigenvalue weighted by atomic mass is 32.2. The maximum atomic E-state index is 12.1. The fourth-order valence-corrected chi connectivity index (χ4v) is 4.47. The highest BCUT2D eigenvalue weighted by Gasteiger charge is 2.22. The van der Waals surface area contributed by atoms with E-state index in [1.165, 1.54) is 11.8 Å². The summed E-state index contributed by atoms with van der Waals surface area (Å²) >= 11 is 1.33. The molecule has 4 rings (SSSR count). The van der Waals surface area contributed by atoms with Crippen LogP contribution in [0.3, 0.4) is 0 Å². The second-order valence-electron chi connectivity index (χ2n) is 7.43. The molecular weight excluding hydrogens is 448 g/mol. The minimum absolute atomic E-state index is 0.0887. The van der Waals surface area contributed by atoms with Crippen LogP contribution in [0, 0.1) is 0 Å². The molecule has 0 aliphatic heterocycles. The molecule has 1 N–H and O–H groups in total. The number of ether oxygens (including phenoxy) is 2. The average Bonchev–Trinajstić information content (AvgIpc) is 3.29. The largest absolute Gasteiger partial charge is 0.495 e. The van der Waals surface area contributed by atoms with Gasteiger partial charge < -0.3 is 14.8 Å². The van der Waals surface area contributed by atoms with Gasteiger partial charge in [0.05, 0.1) is 18.0 Å². The Kier molecular flexibility index (Phi) is 7.49. The number of nitrogens with zero attached hydrogens (tertiary/aromatic N) is 3. The highest BCUT2D eigenvalue weighted by molar-refractivity contribution is 8.00. The van der Waals surface area contributed by atoms with Gasteiger partial charge in [0.2, 0.25) is 5.91 Å². The van der Waals surface area contributed by atoms with Gasteiger partial charge in [-0.3, -0.25) is 9.36 Å². The van der Waals surface area contributed by atoms with E-state index in [-0.39, 0.29) is 17.8 Å². The van der Waals surface area contributed by atoms with Gasteiger partial charge in [0.1, 0.15) is 18.1 Å². The Morgan fingerprint density at radius 3 is 2.38 bits per heavy atom. The van der Waals surface area contributed by atoms with Crippen molar-refractivity contribution in [1.29, 1.82) is 0 Å². The minimum Gasteiger partial charge on any atom is -0.495 e. The SMILES string of the molecule is CNC(=O)[C@@H](C)Sc1nnc(COc2ccccc2-c2ccccc2)n1-c1ccccc1OC. The van der Waals surface area contributed by atoms with Crippen molar-refractivity contribution in [3.05, 3.63) is 84.7 Å². The molecule has 174 valence electrons. The maximum Gasteiger partial charge on any atom is 0.233 e. The van der Waals surface area contributed by atoms with Crippen LogP contribution < -0.4 is 14.8 Å². The molecule has 1 heterocycles. The summed E-state index contributed by atoms with van der Waals surface area (Å²) in [5, 5.41) is 11.7. The van der Waals surface area contributed by atoms with E-state index in [2.05, 4.69) is 27.6 Å². The third-order valence-corrected chi connectivity index (χ3v) is 6.30. The van der Waals surface area contributed by atoms with Gasteiger partial charge >= 0.3 is 0 Å². The number of methoxy groups -OCH3 is 1. The van der Waals surface area contributed by atoms with Crippen molar-refractivity contribution in [2.45, 2.75) is 23.9 Å². The molecule has 0 saturated carbocycles. The van der Waals surface area contributed by atoms with Gasteiger partial charge in [0, 0.05) is 12.6 Å². The van der Waals surface area contributed by atoms with Gasteiger partial charge in [0.25, 0.3) is 0 Å². The topological polar surface area (TPSA) is 78.3 Å². The fraction of sp³-hybridized carbons (Fsp3) is 0.192. The first-order chi connectivity index (χ1) is 16.6. The molecule has 0 fully saturated rings. The molecule has 1 aromatic heterocycles. The van der Waals surface area contributed by atoms with Crippen LogP contribution in [-0.4, -0.2) is 40.1 Å². The molecule has 0 unspecified atom stereocenters. The standard InChI is InChI=1S/C26H26N4O3S/c1-18(25(31)27-2)34-26-29-28-24(30(26)21-14-8-10-16-23(21)32-3)17-33-22-15-9-7-13-20(22)19-11-5-4-6-12-19/h4-16,18H,17H2,1-3H3,(H,27,31)/t18-/m1/s1. The monoisotopic (exact) mass is 474 g/mol. The third kappa shape index (κ3) is 5.07. The number of nitrogens with one attached hydrogen (secondary N) is 1. The van der Waals surface area contributed by atoms with Crippen LogP contribution in [0.5, 0.6) is 11.5 Å². The van der Waals surface area contributed by atoms with Crippen LogP contribution in [-0.2, 0) is 11.4 Å². The molecule has 1 atom stereocenters. The highest BCUT2D eigenvalue weighted by Crippen LogP contribution is 2.33. The molecule has 0 spiro atoms. The number of aromatic nitrogens is 3. The molecule has 4 aromatic rings. The van der Waals surface area contributed by atoms with Crippen molar-refractivity contribution < 1.29 is 14.3 Å². The Morgan fingerprint density at radius 2 is 1.65 bits per heavy atom. The lowest BCUT2D eigenvalue weighted by Gasteiger charge is -2.16. The normalized spacial score (nSPS) is 11.6. The number of carbonyl (C=O) groups excluding carboxylic acids is 1. The number of amides is 1. The van der Waals surface area contributed by atoms with Crippen molar-refractivity contribution in [2.75, 3.05) is 14.2 Å². The molecule has 34 heavy (non-hydrogen) atoms. The Bertz CT molecular complexity index is 1260. The van der Waals surface area contributed by atoms with Crippen LogP contribution in [0.1, 0.15) is 12.7 Å². The number of para-hydroxylation sites is 3. The first-order valence-electron chi connectivity index (χ1n) is 10.9. The van der Waals surface area contributed by atoms with E-state index in [1.54, 1.807) is 14.2 Å². The number of rotatable bonds is 9. The van der Waals surface area contributed by atoms with Crippen LogP contribution in [0.15, 0.2) is 84.0 Å². The summed E-state index contributed by atoms with van der Waals surface area (Å²) in [5.74, 6) is 1.92. The summed E-state index contributed by atoms with van der Waals surface area (Å²) in [4.78, 5) is 12.1. The van der Waals surface area contributed by atoms with Crippen molar-refractivity contribution in [3.63, 3.8) is 0 Å². The van der Waals surface area contributed by atoms with Crippen molar-refractivity contribution >= 4 is 17.7 Å². The number of thioether (sulfide) groups is 1. The van der Waals surface area contributed by atoms with E-state index >= 15 is 0 Å². The Hall–Kier alpha value is -3.78. The summed E-state index contributed by atoms with van der Waals surface area (Å²) in [6.07, 6.45) is 0. The van der Waals surface area contributed by atoms with E-state index in [1.807, 2.05) is 78.2 Å². The molecule has 0 bridgehead atoms. The third-order valence-electron chi connectivity index (χ3n) is 5.25. The number of hydrogen-bond acceptors (Lipinski definition) is 6. The van der Waals surface area contributed by atoms with Crippen molar-refractivity contribution in [1.82, 2.24) is 20.1 Å². The molecule has 7 nitrogen and oxygen atoms in total. The first-order valence-corrected chi connectivity index (χ1v) is 11.7. The Morgan fingerprint density at radius 1 is 0.971 bits per heavy atom. The van der Waals surface area contributed by atoms with Gasteiger partial charge in [0.15, 0.2) is 11.0 Å². The van der Waals surface area contributed by atoms with Crippen LogP contribution in [0.2, 0.25) is 0 Å². The van der Waals surface area contributed by atoms with E-state index in [9.17, 15) is 4.79 Å². The van der Waals surface area contributed by atoms with Gasteiger partial charge in [-0.05, 0) is 30.7 Å². The van der Waals surface area contributed by atoms with Crippen LogP contribution >= 0.6 is 11.8 Å². The zero-order valence-electron chi connectivity index (χ0n) is 19.3. The summed E-state index contributed by atoms with van der Waals surface area (Å²) in [6, 6.07) is 25.6. The molecule has 0 saturated heterocycles. The molecule has 1 amide bonds.